The first-order chi connectivity index (χ1) is 10.1. The SMILES string of the molecule is CCN(CCC(=O)c1ccc(N)cc1)c1cccc(C)c1. The summed E-state index contributed by atoms with van der Waals surface area (Å²) in [5, 5.41) is 0. The van der Waals surface area contributed by atoms with E-state index in [1.807, 2.05) is 0 Å². The standard InChI is InChI=1S/C18H22N2O/c1-3-20(17-6-4-5-14(2)13-17)12-11-18(21)15-7-9-16(19)10-8-15/h4-10,13H,3,11-12,19H2,1-2H3. The third kappa shape index (κ3) is 4.09. The van der Waals surface area contributed by atoms with Gasteiger partial charge in [-0.2, -0.15) is 0 Å². The van der Waals surface area contributed by atoms with Gasteiger partial charge < -0.3 is 10.6 Å². The molecule has 0 bridgehead atoms. The Balaban J connectivity index is 2.00. The van der Waals surface area contributed by atoms with Crippen LogP contribution in [0.2, 0.25) is 0 Å². The van der Waals surface area contributed by atoms with E-state index < -0.39 is 0 Å². The number of hydrogen-bond acceptors (Lipinski definition) is 3. The molecule has 0 unspecified atom stereocenters. The molecule has 2 rings (SSSR count). The van der Waals surface area contributed by atoms with Crippen molar-refractivity contribution in [2.75, 3.05) is 23.7 Å². The molecule has 0 aromatic heterocycles. The van der Waals surface area contributed by atoms with Gasteiger partial charge in [0.1, 0.15) is 0 Å². The Kier molecular flexibility index (Phi) is 4.99. The molecule has 2 N–H and O–H groups in total. The van der Waals surface area contributed by atoms with Gasteiger partial charge in [0.25, 0.3) is 0 Å². The van der Waals surface area contributed by atoms with Gasteiger partial charge in [-0.3, -0.25) is 4.79 Å². The zero-order valence-corrected chi connectivity index (χ0v) is 12.7. The van der Waals surface area contributed by atoms with Crippen molar-refractivity contribution in [2.45, 2.75) is 20.3 Å². The quantitative estimate of drug-likeness (QED) is 0.649. The van der Waals surface area contributed by atoms with E-state index in [2.05, 4.69) is 43.0 Å². The molecule has 0 amide bonds. The number of aryl methyl sites for hydroxylation is 1. The monoisotopic (exact) mass is 282 g/mol. The average molecular weight is 282 g/mol. The Morgan fingerprint density at radius 2 is 1.86 bits per heavy atom. The summed E-state index contributed by atoms with van der Waals surface area (Å²) >= 11 is 0. The maximum absolute atomic E-state index is 12.2. The maximum atomic E-state index is 12.2. The Labute approximate surface area is 126 Å². The fourth-order valence-corrected chi connectivity index (χ4v) is 2.34. The summed E-state index contributed by atoms with van der Waals surface area (Å²) in [5.74, 6) is 0.154. The van der Waals surface area contributed by atoms with Gasteiger partial charge in [0.2, 0.25) is 0 Å². The number of rotatable bonds is 6. The molecule has 3 heteroatoms. The van der Waals surface area contributed by atoms with E-state index >= 15 is 0 Å². The molecule has 0 saturated heterocycles. The number of nitrogens with two attached hydrogens (primary N) is 1. The number of Topliss-reactive ketones (excluding diaryl/α,β-unsaturated/α-hetero) is 1. The van der Waals surface area contributed by atoms with Crippen molar-refractivity contribution in [1.82, 2.24) is 0 Å². The molecule has 0 radical (unpaired) electrons. The van der Waals surface area contributed by atoms with Crippen LogP contribution in [0, 0.1) is 6.92 Å². The van der Waals surface area contributed by atoms with E-state index in [9.17, 15) is 4.79 Å². The maximum Gasteiger partial charge on any atom is 0.164 e. The highest BCUT2D eigenvalue weighted by molar-refractivity contribution is 5.96. The Morgan fingerprint density at radius 1 is 1.14 bits per heavy atom. The van der Waals surface area contributed by atoms with E-state index in [-0.39, 0.29) is 5.78 Å². The van der Waals surface area contributed by atoms with Crippen molar-refractivity contribution < 1.29 is 4.79 Å². The molecule has 3 nitrogen and oxygen atoms in total. The fraction of sp³-hybridized carbons (Fsp3) is 0.278. The van der Waals surface area contributed by atoms with Gasteiger partial charge in [0, 0.05) is 36.4 Å². The fourth-order valence-electron chi connectivity index (χ4n) is 2.34. The number of benzene rings is 2. The van der Waals surface area contributed by atoms with E-state index in [0.717, 1.165) is 18.7 Å². The van der Waals surface area contributed by atoms with Crippen LogP contribution in [-0.4, -0.2) is 18.9 Å². The van der Waals surface area contributed by atoms with E-state index in [0.29, 0.717) is 12.1 Å². The molecule has 110 valence electrons. The van der Waals surface area contributed by atoms with Crippen molar-refractivity contribution in [1.29, 1.82) is 0 Å². The summed E-state index contributed by atoms with van der Waals surface area (Å²) in [6, 6.07) is 15.5. The van der Waals surface area contributed by atoms with Crippen LogP contribution in [0.5, 0.6) is 0 Å². The molecular weight excluding hydrogens is 260 g/mol. The van der Waals surface area contributed by atoms with Gasteiger partial charge in [0.05, 0.1) is 0 Å². The summed E-state index contributed by atoms with van der Waals surface area (Å²) in [7, 11) is 0. The Hall–Kier alpha value is -2.29. The first kappa shape index (κ1) is 15.1. The lowest BCUT2D eigenvalue weighted by molar-refractivity contribution is 0.0984. The first-order valence-corrected chi connectivity index (χ1v) is 7.30. The predicted octanol–water partition coefficient (Wildman–Crippen LogP) is 3.68. The van der Waals surface area contributed by atoms with Gasteiger partial charge >= 0.3 is 0 Å². The molecule has 0 aliphatic carbocycles. The zero-order valence-electron chi connectivity index (χ0n) is 12.7. The summed E-state index contributed by atoms with van der Waals surface area (Å²) in [4.78, 5) is 14.4. The predicted molar refractivity (Wildman–Crippen MR) is 88.9 cm³/mol. The van der Waals surface area contributed by atoms with Crippen molar-refractivity contribution in [3.8, 4) is 0 Å². The number of hydrogen-bond donors (Lipinski definition) is 1. The minimum Gasteiger partial charge on any atom is -0.399 e. The summed E-state index contributed by atoms with van der Waals surface area (Å²) in [6.45, 7) is 5.80. The minimum atomic E-state index is 0.154. The molecule has 0 spiro atoms. The summed E-state index contributed by atoms with van der Waals surface area (Å²) in [5.41, 5.74) is 9.45. The number of carbonyl (C=O) groups excluding carboxylic acids is 1. The number of nitrogens with zero attached hydrogens (tertiary/aromatic N) is 1. The van der Waals surface area contributed by atoms with Gasteiger partial charge in [-0.1, -0.05) is 12.1 Å². The molecule has 0 heterocycles. The second-order valence-corrected chi connectivity index (χ2v) is 5.21. The van der Waals surface area contributed by atoms with E-state index in [1.165, 1.54) is 11.3 Å². The molecule has 0 fully saturated rings. The highest BCUT2D eigenvalue weighted by Gasteiger charge is 2.09. The topological polar surface area (TPSA) is 46.3 Å². The van der Waals surface area contributed by atoms with Gasteiger partial charge in [-0.15, -0.1) is 0 Å². The number of carbonyl (C=O) groups is 1. The molecule has 2 aromatic carbocycles. The van der Waals surface area contributed by atoms with Gasteiger partial charge in [-0.25, -0.2) is 0 Å². The van der Waals surface area contributed by atoms with E-state index in [4.69, 9.17) is 5.73 Å². The highest BCUT2D eigenvalue weighted by Crippen LogP contribution is 2.17. The summed E-state index contributed by atoms with van der Waals surface area (Å²) in [6.07, 6.45) is 0.506. The molecule has 21 heavy (non-hydrogen) atoms. The number of ketones is 1. The Bertz CT molecular complexity index is 605. The lowest BCUT2D eigenvalue weighted by Gasteiger charge is -2.23. The van der Waals surface area contributed by atoms with Crippen LogP contribution in [0.15, 0.2) is 48.5 Å². The number of nitrogen functional groups attached to an aromatic ring is 1. The highest BCUT2D eigenvalue weighted by atomic mass is 16.1. The third-order valence-electron chi connectivity index (χ3n) is 3.59. The third-order valence-corrected chi connectivity index (χ3v) is 3.59. The van der Waals surface area contributed by atoms with Crippen LogP contribution in [0.25, 0.3) is 0 Å². The zero-order chi connectivity index (χ0) is 15.2. The van der Waals surface area contributed by atoms with Crippen LogP contribution in [0.1, 0.15) is 29.3 Å². The number of anilines is 2. The molecule has 0 saturated carbocycles. The normalized spacial score (nSPS) is 10.4. The van der Waals surface area contributed by atoms with Gasteiger partial charge in [0.15, 0.2) is 5.78 Å². The second kappa shape index (κ2) is 6.93. The van der Waals surface area contributed by atoms with Crippen LogP contribution in [0.4, 0.5) is 11.4 Å². The second-order valence-electron chi connectivity index (χ2n) is 5.21. The van der Waals surface area contributed by atoms with Crippen molar-refractivity contribution in [2.24, 2.45) is 0 Å². The largest absolute Gasteiger partial charge is 0.399 e. The van der Waals surface area contributed by atoms with Gasteiger partial charge in [-0.05, 0) is 55.8 Å². The Morgan fingerprint density at radius 3 is 2.48 bits per heavy atom. The lowest BCUT2D eigenvalue weighted by Crippen LogP contribution is -2.25. The molecule has 2 aromatic rings. The van der Waals surface area contributed by atoms with Crippen molar-refractivity contribution in [3.05, 3.63) is 59.7 Å². The van der Waals surface area contributed by atoms with Crippen molar-refractivity contribution >= 4 is 17.2 Å². The van der Waals surface area contributed by atoms with Crippen LogP contribution < -0.4 is 10.6 Å². The lowest BCUT2D eigenvalue weighted by atomic mass is 10.1. The first-order valence-electron chi connectivity index (χ1n) is 7.30. The van der Waals surface area contributed by atoms with E-state index in [1.54, 1.807) is 24.3 Å². The molecule has 0 aliphatic rings. The minimum absolute atomic E-state index is 0.154. The molecule has 0 aliphatic heterocycles. The molecular formula is C18H22N2O. The smallest absolute Gasteiger partial charge is 0.164 e. The average Bonchev–Trinajstić information content (AvgIpc) is 2.48. The van der Waals surface area contributed by atoms with Crippen LogP contribution >= 0.6 is 0 Å². The molecule has 0 atom stereocenters. The van der Waals surface area contributed by atoms with Crippen LogP contribution in [-0.2, 0) is 0 Å². The summed E-state index contributed by atoms with van der Waals surface area (Å²) < 4.78 is 0. The van der Waals surface area contributed by atoms with Crippen LogP contribution in [0.3, 0.4) is 0 Å². The van der Waals surface area contributed by atoms with Crippen molar-refractivity contribution in [3.63, 3.8) is 0 Å².